The van der Waals surface area contributed by atoms with Gasteiger partial charge in [0.1, 0.15) is 17.5 Å². The topological polar surface area (TPSA) is 100 Å². The number of likely N-dealkylation sites (tertiary alicyclic amines) is 1. The summed E-state index contributed by atoms with van der Waals surface area (Å²) in [5, 5.41) is 6.13. The fourth-order valence-corrected chi connectivity index (χ4v) is 4.87. The summed E-state index contributed by atoms with van der Waals surface area (Å²) in [6, 6.07) is 12.4. The summed E-state index contributed by atoms with van der Waals surface area (Å²) < 4.78 is 25.8. The largest absolute Gasteiger partial charge is 0.444 e. The monoisotopic (exact) mass is 554 g/mol. The molecule has 0 radical (unpaired) electrons. The lowest BCUT2D eigenvalue weighted by molar-refractivity contribution is -0.119. The molecule has 0 bridgehead atoms. The predicted molar refractivity (Wildman–Crippen MR) is 150 cm³/mol. The van der Waals surface area contributed by atoms with Crippen molar-refractivity contribution < 1.29 is 28.2 Å². The molecular weight excluding hydrogens is 515 g/mol. The molecule has 3 amide bonds. The molecule has 0 aliphatic carbocycles. The van der Waals surface area contributed by atoms with E-state index in [0.29, 0.717) is 36.8 Å². The number of rotatable bonds is 8. The van der Waals surface area contributed by atoms with E-state index in [4.69, 9.17) is 9.47 Å². The maximum absolute atomic E-state index is 15.1. The Morgan fingerprint density at radius 1 is 1.07 bits per heavy atom. The van der Waals surface area contributed by atoms with E-state index in [1.54, 1.807) is 17.0 Å². The van der Waals surface area contributed by atoms with Crippen molar-refractivity contribution in [2.45, 2.75) is 58.8 Å². The third kappa shape index (κ3) is 7.94. The van der Waals surface area contributed by atoms with Gasteiger partial charge in [-0.3, -0.25) is 9.69 Å². The first-order valence-corrected chi connectivity index (χ1v) is 13.8. The lowest BCUT2D eigenvalue weighted by Gasteiger charge is -2.33. The van der Waals surface area contributed by atoms with E-state index in [-0.39, 0.29) is 25.1 Å². The Balaban J connectivity index is 1.24. The standard InChI is InChI=1S/C30H39FN4O5/c1-20(36)33-18-25-19-35(29(38)39-25)24-9-10-26(27(31)15-24)23-7-5-21(6-8-23)16-32-17-22-11-13-34(14-12-22)28(37)40-30(2,3)4/h5-10,15,22,25,32H,11-14,16-19H2,1-4H3,(H,33,36)/t25-/m0/s1. The van der Waals surface area contributed by atoms with E-state index in [1.165, 1.54) is 17.9 Å². The third-order valence-electron chi connectivity index (χ3n) is 7.01. The number of piperidine rings is 1. The average molecular weight is 555 g/mol. The Hall–Kier alpha value is -3.66. The molecule has 216 valence electrons. The summed E-state index contributed by atoms with van der Waals surface area (Å²) in [4.78, 5) is 38.8. The van der Waals surface area contributed by atoms with Crippen molar-refractivity contribution in [3.05, 3.63) is 53.8 Å². The van der Waals surface area contributed by atoms with E-state index >= 15 is 4.39 Å². The van der Waals surface area contributed by atoms with Gasteiger partial charge in [-0.25, -0.2) is 14.0 Å². The average Bonchev–Trinajstić information content (AvgIpc) is 3.28. The number of amides is 3. The SMILES string of the molecule is CC(=O)NC[C@H]1CN(c2ccc(-c3ccc(CNCC4CCN(C(=O)OC(C)(C)C)CC4)cc3)c(F)c2)C(=O)O1. The summed E-state index contributed by atoms with van der Waals surface area (Å²) in [7, 11) is 0. The molecule has 40 heavy (non-hydrogen) atoms. The van der Waals surface area contributed by atoms with Crippen LogP contribution in [0, 0.1) is 11.7 Å². The van der Waals surface area contributed by atoms with Gasteiger partial charge in [0.05, 0.1) is 18.8 Å². The fraction of sp³-hybridized carbons (Fsp3) is 0.500. The molecule has 0 spiro atoms. The minimum atomic E-state index is -0.562. The van der Waals surface area contributed by atoms with Gasteiger partial charge in [0.2, 0.25) is 5.91 Å². The Labute approximate surface area is 235 Å². The van der Waals surface area contributed by atoms with Gasteiger partial charge in [-0.1, -0.05) is 24.3 Å². The minimum absolute atomic E-state index is 0.205. The van der Waals surface area contributed by atoms with Gasteiger partial charge in [0.15, 0.2) is 0 Å². The van der Waals surface area contributed by atoms with Crippen LogP contribution in [0.1, 0.15) is 46.1 Å². The quantitative estimate of drug-likeness (QED) is 0.491. The number of halogens is 1. The summed E-state index contributed by atoms with van der Waals surface area (Å²) in [5.74, 6) is -0.137. The molecule has 2 saturated heterocycles. The molecule has 2 aromatic rings. The van der Waals surface area contributed by atoms with Crippen LogP contribution in [0.25, 0.3) is 11.1 Å². The highest BCUT2D eigenvalue weighted by Crippen LogP contribution is 2.29. The zero-order valence-electron chi connectivity index (χ0n) is 23.7. The Bertz CT molecular complexity index is 1210. The number of anilines is 1. The molecule has 2 fully saturated rings. The van der Waals surface area contributed by atoms with Crippen LogP contribution in [0.15, 0.2) is 42.5 Å². The maximum atomic E-state index is 15.1. The first-order valence-electron chi connectivity index (χ1n) is 13.8. The molecule has 2 heterocycles. The van der Waals surface area contributed by atoms with Crippen LogP contribution in [-0.2, 0) is 20.8 Å². The molecule has 2 aromatic carbocycles. The molecule has 4 rings (SSSR count). The van der Waals surface area contributed by atoms with E-state index in [1.807, 2.05) is 45.0 Å². The van der Waals surface area contributed by atoms with Crippen LogP contribution >= 0.6 is 0 Å². The Morgan fingerprint density at radius 2 is 1.77 bits per heavy atom. The van der Waals surface area contributed by atoms with Crippen LogP contribution in [0.4, 0.5) is 19.7 Å². The minimum Gasteiger partial charge on any atom is -0.444 e. The Kier molecular flexibility index (Phi) is 9.29. The van der Waals surface area contributed by atoms with Crippen LogP contribution in [0.3, 0.4) is 0 Å². The molecule has 2 aliphatic rings. The van der Waals surface area contributed by atoms with E-state index in [9.17, 15) is 14.4 Å². The fourth-order valence-electron chi connectivity index (χ4n) is 4.87. The van der Waals surface area contributed by atoms with Gasteiger partial charge in [0.25, 0.3) is 0 Å². The van der Waals surface area contributed by atoms with Crippen LogP contribution in [-0.4, -0.2) is 67.4 Å². The van der Waals surface area contributed by atoms with Crippen molar-refractivity contribution in [3.63, 3.8) is 0 Å². The van der Waals surface area contributed by atoms with E-state index in [0.717, 1.165) is 30.5 Å². The van der Waals surface area contributed by atoms with Gasteiger partial charge >= 0.3 is 12.2 Å². The maximum Gasteiger partial charge on any atom is 0.414 e. The van der Waals surface area contributed by atoms with Gasteiger partial charge < -0.3 is 25.0 Å². The highest BCUT2D eigenvalue weighted by Gasteiger charge is 2.33. The summed E-state index contributed by atoms with van der Waals surface area (Å²) in [6.45, 7) is 10.5. The molecule has 0 saturated carbocycles. The van der Waals surface area contributed by atoms with Gasteiger partial charge in [-0.2, -0.15) is 0 Å². The normalized spacial score (nSPS) is 18.0. The summed E-state index contributed by atoms with van der Waals surface area (Å²) >= 11 is 0. The van der Waals surface area contributed by atoms with Crippen LogP contribution in [0.5, 0.6) is 0 Å². The molecule has 0 aromatic heterocycles. The number of nitrogens with one attached hydrogen (secondary N) is 2. The van der Waals surface area contributed by atoms with Crippen LogP contribution in [0.2, 0.25) is 0 Å². The third-order valence-corrected chi connectivity index (χ3v) is 7.01. The van der Waals surface area contributed by atoms with Crippen molar-refractivity contribution >= 4 is 23.8 Å². The first kappa shape index (κ1) is 29.3. The number of carbonyl (C=O) groups excluding carboxylic acids is 3. The van der Waals surface area contributed by atoms with Crippen molar-refractivity contribution in [1.82, 2.24) is 15.5 Å². The molecule has 2 aliphatic heterocycles. The zero-order chi connectivity index (χ0) is 28.9. The number of cyclic esters (lactones) is 1. The highest BCUT2D eigenvalue weighted by atomic mass is 19.1. The summed E-state index contributed by atoms with van der Waals surface area (Å²) in [6.07, 6.45) is 0.589. The molecule has 0 unspecified atom stereocenters. The Morgan fingerprint density at radius 3 is 2.40 bits per heavy atom. The number of ether oxygens (including phenoxy) is 2. The van der Waals surface area contributed by atoms with E-state index < -0.39 is 23.6 Å². The second-order valence-electron chi connectivity index (χ2n) is 11.5. The second kappa shape index (κ2) is 12.7. The molecular formula is C30H39FN4O5. The number of hydrogen-bond acceptors (Lipinski definition) is 6. The van der Waals surface area contributed by atoms with Crippen molar-refractivity contribution in [1.29, 1.82) is 0 Å². The molecule has 9 nitrogen and oxygen atoms in total. The van der Waals surface area contributed by atoms with E-state index in [2.05, 4.69) is 10.6 Å². The predicted octanol–water partition coefficient (Wildman–Crippen LogP) is 4.69. The second-order valence-corrected chi connectivity index (χ2v) is 11.5. The molecule has 10 heteroatoms. The number of hydrogen-bond donors (Lipinski definition) is 2. The van der Waals surface area contributed by atoms with Gasteiger partial charge in [-0.15, -0.1) is 0 Å². The smallest absolute Gasteiger partial charge is 0.414 e. The lowest BCUT2D eigenvalue weighted by Crippen LogP contribution is -2.43. The lowest BCUT2D eigenvalue weighted by atomic mass is 9.97. The number of carbonyl (C=O) groups is 3. The summed E-state index contributed by atoms with van der Waals surface area (Å²) in [5.41, 5.74) is 2.22. The number of benzene rings is 2. The van der Waals surface area contributed by atoms with Gasteiger partial charge in [0, 0.05) is 32.1 Å². The van der Waals surface area contributed by atoms with Crippen molar-refractivity contribution in [2.24, 2.45) is 5.92 Å². The van der Waals surface area contributed by atoms with Gasteiger partial charge in [-0.05, 0) is 75.4 Å². The van der Waals surface area contributed by atoms with Crippen molar-refractivity contribution in [3.8, 4) is 11.1 Å². The molecule has 2 N–H and O–H groups in total. The number of nitrogens with zero attached hydrogens (tertiary/aromatic N) is 2. The molecule has 1 atom stereocenters. The van der Waals surface area contributed by atoms with Crippen LogP contribution < -0.4 is 15.5 Å². The first-order chi connectivity index (χ1) is 19.0. The highest BCUT2D eigenvalue weighted by molar-refractivity contribution is 5.90. The van der Waals surface area contributed by atoms with Crippen molar-refractivity contribution in [2.75, 3.05) is 37.6 Å². The zero-order valence-corrected chi connectivity index (χ0v) is 23.7.